The van der Waals surface area contributed by atoms with Crippen molar-refractivity contribution in [1.29, 1.82) is 0 Å². The minimum Gasteiger partial charge on any atom is -0.467 e. The summed E-state index contributed by atoms with van der Waals surface area (Å²) in [6, 6.07) is 11.8. The molecule has 1 aromatic carbocycles. The minimum atomic E-state index is 0.0830. The van der Waals surface area contributed by atoms with Crippen LogP contribution >= 0.6 is 11.6 Å². The highest BCUT2D eigenvalue weighted by molar-refractivity contribution is 6.30. The highest BCUT2D eigenvalue weighted by Gasteiger charge is 2.24. The van der Waals surface area contributed by atoms with Crippen LogP contribution in [-0.2, 0) is 17.9 Å². The van der Waals surface area contributed by atoms with E-state index in [2.05, 4.69) is 11.4 Å². The highest BCUT2D eigenvalue weighted by Crippen LogP contribution is 2.09. The molecule has 3 N–H and O–H groups in total. The number of quaternary nitrogens is 2. The molecule has 1 saturated heterocycles. The molecule has 1 fully saturated rings. The maximum absolute atomic E-state index is 12.0. The van der Waals surface area contributed by atoms with Crippen LogP contribution in [0.1, 0.15) is 11.3 Å². The number of hydrogen-bond donors (Lipinski definition) is 3. The molecule has 128 valence electrons. The molecule has 24 heavy (non-hydrogen) atoms. The van der Waals surface area contributed by atoms with E-state index in [9.17, 15) is 4.79 Å². The van der Waals surface area contributed by atoms with Crippen LogP contribution in [0.25, 0.3) is 0 Å². The molecule has 0 radical (unpaired) electrons. The van der Waals surface area contributed by atoms with Gasteiger partial charge in [0.1, 0.15) is 38.5 Å². The number of amides is 1. The molecule has 0 aliphatic carbocycles. The Morgan fingerprint density at radius 3 is 2.62 bits per heavy atom. The molecule has 5 nitrogen and oxygen atoms in total. The smallest absolute Gasteiger partial charge is 0.275 e. The van der Waals surface area contributed by atoms with E-state index in [-0.39, 0.29) is 5.91 Å². The summed E-state index contributed by atoms with van der Waals surface area (Å²) < 4.78 is 5.22. The Bertz CT molecular complexity index is 652. The largest absolute Gasteiger partial charge is 0.467 e. The summed E-state index contributed by atoms with van der Waals surface area (Å²) in [6.07, 6.45) is 1.62. The lowest BCUT2D eigenvalue weighted by Gasteiger charge is -2.29. The maximum Gasteiger partial charge on any atom is 0.275 e. The van der Waals surface area contributed by atoms with Gasteiger partial charge in [0.25, 0.3) is 5.91 Å². The third-order valence-corrected chi connectivity index (χ3v) is 4.69. The molecule has 0 spiro atoms. The molecule has 1 amide bonds. The van der Waals surface area contributed by atoms with Crippen molar-refractivity contribution in [2.75, 3.05) is 32.7 Å². The first-order valence-electron chi connectivity index (χ1n) is 8.40. The van der Waals surface area contributed by atoms with Gasteiger partial charge < -0.3 is 19.5 Å². The zero-order valence-corrected chi connectivity index (χ0v) is 14.4. The first kappa shape index (κ1) is 17.0. The van der Waals surface area contributed by atoms with Gasteiger partial charge in [-0.3, -0.25) is 4.79 Å². The summed E-state index contributed by atoms with van der Waals surface area (Å²) in [6.45, 7) is 6.18. The fourth-order valence-corrected chi connectivity index (χ4v) is 3.35. The average molecular weight is 350 g/mol. The Labute approximate surface area is 147 Å². The van der Waals surface area contributed by atoms with Gasteiger partial charge in [-0.2, -0.15) is 0 Å². The number of halogens is 1. The number of piperazine rings is 1. The molecule has 1 aromatic heterocycles. The molecule has 2 aromatic rings. The van der Waals surface area contributed by atoms with Gasteiger partial charge in [0, 0.05) is 10.6 Å². The minimum absolute atomic E-state index is 0.0830. The molecule has 0 unspecified atom stereocenters. The third kappa shape index (κ3) is 5.09. The normalized spacial score (nSPS) is 20.7. The lowest BCUT2D eigenvalue weighted by Crippen LogP contribution is -3.28. The molecule has 1 aliphatic rings. The number of furan rings is 1. The highest BCUT2D eigenvalue weighted by atomic mass is 35.5. The number of carbonyl (C=O) groups excluding carboxylic acids is 1. The summed E-state index contributed by atoms with van der Waals surface area (Å²) in [5.41, 5.74) is 1.28. The SMILES string of the molecule is O=C(C[NH+]1CC[NH+](Cc2cccc(Cl)c2)CC1)NCc1ccco1. The van der Waals surface area contributed by atoms with Crippen molar-refractivity contribution in [3.63, 3.8) is 0 Å². The second-order valence-corrected chi connectivity index (χ2v) is 6.78. The van der Waals surface area contributed by atoms with Crippen LogP contribution in [-0.4, -0.2) is 38.6 Å². The second kappa shape index (κ2) is 8.33. The molecule has 0 bridgehead atoms. The Balaban J connectivity index is 1.38. The Hall–Kier alpha value is -1.82. The molecular weight excluding hydrogens is 326 g/mol. The zero-order valence-electron chi connectivity index (χ0n) is 13.7. The third-order valence-electron chi connectivity index (χ3n) is 4.46. The van der Waals surface area contributed by atoms with Gasteiger partial charge in [0.2, 0.25) is 0 Å². The summed E-state index contributed by atoms with van der Waals surface area (Å²) in [7, 11) is 0. The van der Waals surface area contributed by atoms with Gasteiger partial charge in [0.05, 0.1) is 12.8 Å². The number of benzene rings is 1. The standard InChI is InChI=1S/C18H22ClN3O2/c19-16-4-1-3-15(11-16)13-21-6-8-22(9-7-21)14-18(23)20-12-17-5-2-10-24-17/h1-5,10-11H,6-9,12-14H2,(H,20,23)/p+2. The average Bonchev–Trinajstić information content (AvgIpc) is 3.08. The number of hydrogen-bond acceptors (Lipinski definition) is 2. The first-order chi connectivity index (χ1) is 11.7. The van der Waals surface area contributed by atoms with Crippen molar-refractivity contribution < 1.29 is 19.0 Å². The second-order valence-electron chi connectivity index (χ2n) is 6.34. The van der Waals surface area contributed by atoms with Crippen LogP contribution in [0.15, 0.2) is 47.1 Å². The van der Waals surface area contributed by atoms with Gasteiger partial charge in [-0.05, 0) is 24.3 Å². The molecule has 1 aliphatic heterocycles. The van der Waals surface area contributed by atoms with Gasteiger partial charge in [-0.1, -0.05) is 23.7 Å². The lowest BCUT2D eigenvalue weighted by molar-refractivity contribution is -1.02. The van der Waals surface area contributed by atoms with Crippen molar-refractivity contribution in [1.82, 2.24) is 5.32 Å². The van der Waals surface area contributed by atoms with Gasteiger partial charge >= 0.3 is 0 Å². The maximum atomic E-state index is 12.0. The molecule has 0 saturated carbocycles. The summed E-state index contributed by atoms with van der Waals surface area (Å²) in [5.74, 6) is 0.869. The molecule has 2 heterocycles. The van der Waals surface area contributed by atoms with E-state index in [0.29, 0.717) is 13.1 Å². The van der Waals surface area contributed by atoms with Crippen LogP contribution in [0.5, 0.6) is 0 Å². The molecule has 6 heteroatoms. The predicted molar refractivity (Wildman–Crippen MR) is 92.0 cm³/mol. The van der Waals surface area contributed by atoms with Crippen LogP contribution in [0, 0.1) is 0 Å². The van der Waals surface area contributed by atoms with Crippen LogP contribution in [0.4, 0.5) is 0 Å². The monoisotopic (exact) mass is 349 g/mol. The predicted octanol–water partition coefficient (Wildman–Crippen LogP) is -0.467. The Kier molecular flexibility index (Phi) is 5.91. The zero-order chi connectivity index (χ0) is 16.8. The Morgan fingerprint density at radius 1 is 1.12 bits per heavy atom. The number of rotatable bonds is 6. The summed E-state index contributed by atoms with van der Waals surface area (Å²) in [4.78, 5) is 14.9. The van der Waals surface area contributed by atoms with Gasteiger partial charge in [-0.25, -0.2) is 0 Å². The van der Waals surface area contributed by atoms with E-state index in [1.807, 2.05) is 30.3 Å². The Morgan fingerprint density at radius 2 is 1.92 bits per heavy atom. The van der Waals surface area contributed by atoms with Crippen molar-refractivity contribution in [3.05, 3.63) is 59.0 Å². The van der Waals surface area contributed by atoms with Crippen LogP contribution in [0.2, 0.25) is 5.02 Å². The first-order valence-corrected chi connectivity index (χ1v) is 8.77. The summed E-state index contributed by atoms with van der Waals surface area (Å²) >= 11 is 6.05. The van der Waals surface area contributed by atoms with Gasteiger partial charge in [0.15, 0.2) is 6.54 Å². The number of carbonyl (C=O) groups is 1. The van der Waals surface area contributed by atoms with Gasteiger partial charge in [-0.15, -0.1) is 0 Å². The lowest BCUT2D eigenvalue weighted by atomic mass is 10.2. The van der Waals surface area contributed by atoms with Crippen molar-refractivity contribution in [2.24, 2.45) is 0 Å². The van der Waals surface area contributed by atoms with Crippen molar-refractivity contribution >= 4 is 17.5 Å². The van der Waals surface area contributed by atoms with Crippen LogP contribution < -0.4 is 15.1 Å². The summed E-state index contributed by atoms with van der Waals surface area (Å²) in [5, 5.41) is 3.71. The van der Waals surface area contributed by atoms with E-state index >= 15 is 0 Å². The number of nitrogens with one attached hydrogen (secondary N) is 3. The van der Waals surface area contributed by atoms with E-state index < -0.39 is 0 Å². The van der Waals surface area contributed by atoms with E-state index in [4.69, 9.17) is 16.0 Å². The molecule has 3 rings (SSSR count). The van der Waals surface area contributed by atoms with E-state index in [1.165, 1.54) is 10.5 Å². The fraction of sp³-hybridized carbons (Fsp3) is 0.389. The molecular formula is C18H24ClN3O2+2. The fourth-order valence-electron chi connectivity index (χ4n) is 3.13. The van der Waals surface area contributed by atoms with Crippen molar-refractivity contribution in [3.8, 4) is 0 Å². The topological polar surface area (TPSA) is 51.1 Å². The van der Waals surface area contributed by atoms with E-state index in [0.717, 1.165) is 43.5 Å². The quantitative estimate of drug-likeness (QED) is 0.660. The molecule has 0 atom stereocenters. The van der Waals surface area contributed by atoms with Crippen LogP contribution in [0.3, 0.4) is 0 Å². The van der Waals surface area contributed by atoms with Crippen molar-refractivity contribution in [2.45, 2.75) is 13.1 Å². The van der Waals surface area contributed by atoms with E-state index in [1.54, 1.807) is 11.2 Å².